The van der Waals surface area contributed by atoms with Crippen LogP contribution in [0.5, 0.6) is 0 Å². The zero-order chi connectivity index (χ0) is 16.2. The molecule has 118 valence electrons. The third-order valence-corrected chi connectivity index (χ3v) is 2.97. The summed E-state index contributed by atoms with van der Waals surface area (Å²) in [6, 6.07) is 0. The average molecular weight is 296 g/mol. The molecule has 0 unspecified atom stereocenters. The minimum atomic E-state index is -0.339. The summed E-state index contributed by atoms with van der Waals surface area (Å²) < 4.78 is 0. The Hall–Kier alpha value is -1.92. The summed E-state index contributed by atoms with van der Waals surface area (Å²) in [6.45, 7) is 7.86. The lowest BCUT2D eigenvalue weighted by atomic mass is 10.1. The van der Waals surface area contributed by atoms with Crippen molar-refractivity contribution in [3.63, 3.8) is 0 Å². The second kappa shape index (κ2) is 6.69. The molecule has 1 aliphatic heterocycles. The van der Waals surface area contributed by atoms with Crippen molar-refractivity contribution in [3.05, 3.63) is 0 Å². The standard InChI is InChI=1S/C14H24N4O3/c1-6-18(9-11(19)15-14(2,3)4)13(21)10-7-8-12(20)17(5)16-10/h6-9H2,1-5H3,(H,15,19). The normalized spacial score (nSPS) is 15.6. The highest BCUT2D eigenvalue weighted by Crippen LogP contribution is 2.09. The van der Waals surface area contributed by atoms with E-state index >= 15 is 0 Å². The fraction of sp³-hybridized carbons (Fsp3) is 0.714. The van der Waals surface area contributed by atoms with E-state index < -0.39 is 0 Å². The summed E-state index contributed by atoms with van der Waals surface area (Å²) in [5, 5.41) is 7.99. The maximum absolute atomic E-state index is 12.4. The second-order valence-electron chi connectivity index (χ2n) is 6.08. The van der Waals surface area contributed by atoms with E-state index in [1.165, 1.54) is 17.0 Å². The minimum Gasteiger partial charge on any atom is -0.350 e. The molecule has 3 amide bonds. The van der Waals surface area contributed by atoms with E-state index in [0.29, 0.717) is 18.7 Å². The summed E-state index contributed by atoms with van der Waals surface area (Å²) in [6.07, 6.45) is 0.589. The van der Waals surface area contributed by atoms with Gasteiger partial charge in [0.1, 0.15) is 5.71 Å². The first-order valence-electron chi connectivity index (χ1n) is 7.08. The molecule has 0 spiro atoms. The van der Waals surface area contributed by atoms with Gasteiger partial charge in [-0.25, -0.2) is 5.01 Å². The Kier molecular flexibility index (Phi) is 5.46. The molecule has 0 aromatic heterocycles. The number of hydrazone groups is 1. The first-order valence-corrected chi connectivity index (χ1v) is 7.08. The maximum atomic E-state index is 12.4. The number of rotatable bonds is 4. The van der Waals surface area contributed by atoms with Crippen LogP contribution in [0.3, 0.4) is 0 Å². The Morgan fingerprint density at radius 2 is 1.95 bits per heavy atom. The van der Waals surface area contributed by atoms with Crippen molar-refractivity contribution in [2.24, 2.45) is 5.10 Å². The molecule has 7 nitrogen and oxygen atoms in total. The minimum absolute atomic E-state index is 0.0106. The van der Waals surface area contributed by atoms with Gasteiger partial charge in [-0.1, -0.05) is 0 Å². The third-order valence-electron chi connectivity index (χ3n) is 2.97. The van der Waals surface area contributed by atoms with Crippen LogP contribution in [0.4, 0.5) is 0 Å². The Morgan fingerprint density at radius 1 is 1.33 bits per heavy atom. The summed E-state index contributed by atoms with van der Waals surface area (Å²) in [5.74, 6) is -0.612. The van der Waals surface area contributed by atoms with Crippen LogP contribution in [-0.2, 0) is 14.4 Å². The largest absolute Gasteiger partial charge is 0.350 e. The second-order valence-corrected chi connectivity index (χ2v) is 6.08. The van der Waals surface area contributed by atoms with E-state index in [-0.39, 0.29) is 36.2 Å². The summed E-state index contributed by atoms with van der Waals surface area (Å²) in [7, 11) is 1.53. The van der Waals surface area contributed by atoms with Gasteiger partial charge in [-0.2, -0.15) is 5.10 Å². The van der Waals surface area contributed by atoms with Crippen LogP contribution < -0.4 is 5.32 Å². The maximum Gasteiger partial charge on any atom is 0.270 e. The molecule has 0 aliphatic carbocycles. The Morgan fingerprint density at radius 3 is 2.43 bits per heavy atom. The predicted molar refractivity (Wildman–Crippen MR) is 79.6 cm³/mol. The summed E-state index contributed by atoms with van der Waals surface area (Å²) in [5.41, 5.74) is -0.0170. The Bertz CT molecular complexity index is 465. The average Bonchev–Trinajstić information content (AvgIpc) is 2.36. The van der Waals surface area contributed by atoms with Crippen molar-refractivity contribution in [2.45, 2.75) is 46.1 Å². The quantitative estimate of drug-likeness (QED) is 0.813. The van der Waals surface area contributed by atoms with Crippen molar-refractivity contribution >= 4 is 23.4 Å². The molecule has 1 N–H and O–H groups in total. The van der Waals surface area contributed by atoms with Crippen molar-refractivity contribution in [1.29, 1.82) is 0 Å². The van der Waals surface area contributed by atoms with E-state index in [1.54, 1.807) is 6.92 Å². The van der Waals surface area contributed by atoms with Crippen molar-refractivity contribution in [3.8, 4) is 0 Å². The molecule has 0 bridgehead atoms. The van der Waals surface area contributed by atoms with Crippen molar-refractivity contribution < 1.29 is 14.4 Å². The molecule has 0 saturated heterocycles. The molecule has 1 heterocycles. The van der Waals surface area contributed by atoms with Crippen LogP contribution in [0.1, 0.15) is 40.5 Å². The first kappa shape index (κ1) is 17.1. The van der Waals surface area contributed by atoms with Crippen LogP contribution >= 0.6 is 0 Å². The lowest BCUT2D eigenvalue weighted by Gasteiger charge is -2.26. The van der Waals surface area contributed by atoms with Crippen LogP contribution in [-0.4, -0.2) is 59.0 Å². The van der Waals surface area contributed by atoms with E-state index in [2.05, 4.69) is 10.4 Å². The van der Waals surface area contributed by atoms with Gasteiger partial charge in [0, 0.05) is 32.0 Å². The Balaban J connectivity index is 2.72. The number of likely N-dealkylation sites (N-methyl/N-ethyl adjacent to an activating group) is 1. The number of nitrogens with one attached hydrogen (secondary N) is 1. The van der Waals surface area contributed by atoms with E-state index in [1.807, 2.05) is 20.8 Å². The van der Waals surface area contributed by atoms with Gasteiger partial charge in [-0.05, 0) is 27.7 Å². The van der Waals surface area contributed by atoms with Gasteiger partial charge in [0.05, 0.1) is 6.54 Å². The van der Waals surface area contributed by atoms with Crippen molar-refractivity contribution in [2.75, 3.05) is 20.1 Å². The molecule has 7 heteroatoms. The molecule has 0 saturated carbocycles. The highest BCUT2D eigenvalue weighted by atomic mass is 16.2. The monoisotopic (exact) mass is 296 g/mol. The number of hydrogen-bond acceptors (Lipinski definition) is 4. The van der Waals surface area contributed by atoms with Gasteiger partial charge in [0.15, 0.2) is 0 Å². The number of hydrogen-bond donors (Lipinski definition) is 1. The lowest BCUT2D eigenvalue weighted by molar-refractivity contribution is -0.133. The van der Waals surface area contributed by atoms with Crippen LogP contribution in [0, 0.1) is 0 Å². The molecule has 0 fully saturated rings. The summed E-state index contributed by atoms with van der Waals surface area (Å²) in [4.78, 5) is 37.1. The molecular formula is C14H24N4O3. The third kappa shape index (κ3) is 5.17. The number of carbonyl (C=O) groups excluding carboxylic acids is 3. The van der Waals surface area contributed by atoms with E-state index in [0.717, 1.165) is 0 Å². The predicted octanol–water partition coefficient (Wildman–Crippen LogP) is 0.358. The molecule has 1 rings (SSSR count). The smallest absolute Gasteiger partial charge is 0.270 e. The van der Waals surface area contributed by atoms with E-state index in [4.69, 9.17) is 0 Å². The van der Waals surface area contributed by atoms with Crippen LogP contribution in [0.2, 0.25) is 0 Å². The highest BCUT2D eigenvalue weighted by Gasteiger charge is 2.27. The van der Waals surface area contributed by atoms with Gasteiger partial charge >= 0.3 is 0 Å². The fourth-order valence-corrected chi connectivity index (χ4v) is 1.96. The van der Waals surface area contributed by atoms with Crippen LogP contribution in [0.15, 0.2) is 5.10 Å². The van der Waals surface area contributed by atoms with Gasteiger partial charge in [0.25, 0.3) is 5.91 Å². The van der Waals surface area contributed by atoms with E-state index in [9.17, 15) is 14.4 Å². The molecule has 0 radical (unpaired) electrons. The highest BCUT2D eigenvalue weighted by molar-refractivity contribution is 6.39. The number of carbonyl (C=O) groups is 3. The van der Waals surface area contributed by atoms with Gasteiger partial charge in [-0.15, -0.1) is 0 Å². The molecule has 0 aromatic carbocycles. The van der Waals surface area contributed by atoms with Gasteiger partial charge < -0.3 is 10.2 Å². The number of nitrogens with zero attached hydrogens (tertiary/aromatic N) is 3. The summed E-state index contributed by atoms with van der Waals surface area (Å²) >= 11 is 0. The molecule has 21 heavy (non-hydrogen) atoms. The molecular weight excluding hydrogens is 272 g/mol. The van der Waals surface area contributed by atoms with Gasteiger partial charge in [0.2, 0.25) is 11.8 Å². The topological polar surface area (TPSA) is 82.1 Å². The molecule has 0 atom stereocenters. The lowest BCUT2D eigenvalue weighted by Crippen LogP contribution is -2.49. The first-order chi connectivity index (χ1) is 9.64. The molecule has 0 aromatic rings. The van der Waals surface area contributed by atoms with Crippen LogP contribution in [0.25, 0.3) is 0 Å². The fourth-order valence-electron chi connectivity index (χ4n) is 1.96. The Labute approximate surface area is 125 Å². The van der Waals surface area contributed by atoms with Crippen molar-refractivity contribution in [1.82, 2.24) is 15.2 Å². The SMILES string of the molecule is CCN(CC(=O)NC(C)(C)C)C(=O)C1=NN(C)C(=O)CC1. The van der Waals surface area contributed by atoms with Gasteiger partial charge in [-0.3, -0.25) is 14.4 Å². The zero-order valence-corrected chi connectivity index (χ0v) is 13.4. The number of amides is 3. The molecule has 1 aliphatic rings. The zero-order valence-electron chi connectivity index (χ0n) is 13.4.